The summed E-state index contributed by atoms with van der Waals surface area (Å²) in [6.07, 6.45) is 5.40. The number of nitrogens with two attached hydrogens (primary N) is 1. The average molecular weight is 209 g/mol. The highest BCUT2D eigenvalue weighted by molar-refractivity contribution is 5.07. The van der Waals surface area contributed by atoms with Crippen LogP contribution in [0, 0.1) is 0 Å². The Bertz CT molecular complexity index is 284. The van der Waals surface area contributed by atoms with E-state index in [2.05, 4.69) is 9.97 Å². The molecule has 1 aromatic heterocycles. The molecule has 0 aliphatic rings. The topological polar surface area (TPSA) is 61.0 Å². The normalized spacial score (nSPS) is 14.9. The van der Waals surface area contributed by atoms with Crippen molar-refractivity contribution in [3.05, 3.63) is 23.8 Å². The minimum atomic E-state index is 0.150. The molecule has 0 saturated heterocycles. The Labute approximate surface area is 90.9 Å². The minimum Gasteiger partial charge on any atom is -0.381 e. The number of aromatic nitrogens is 2. The van der Waals surface area contributed by atoms with E-state index < -0.39 is 0 Å². The zero-order valence-corrected chi connectivity index (χ0v) is 9.60. The van der Waals surface area contributed by atoms with E-state index in [0.717, 1.165) is 24.2 Å². The lowest BCUT2D eigenvalue weighted by atomic mass is 10.1. The Hall–Kier alpha value is -1.00. The fourth-order valence-electron chi connectivity index (χ4n) is 1.30. The van der Waals surface area contributed by atoms with E-state index in [4.69, 9.17) is 10.5 Å². The number of nitrogens with zero attached hydrogens (tertiary/aromatic N) is 2. The number of hydrogen-bond donors (Lipinski definition) is 1. The quantitative estimate of drug-likeness (QED) is 0.784. The van der Waals surface area contributed by atoms with Crippen LogP contribution in [0.4, 0.5) is 0 Å². The largest absolute Gasteiger partial charge is 0.381 e. The molecule has 0 radical (unpaired) electrons. The SMILES string of the molecule is COC(C)Cc1ncc(CC(C)N)cn1. The number of ether oxygens (including phenoxy) is 1. The number of rotatable bonds is 5. The molecule has 4 nitrogen and oxygen atoms in total. The predicted octanol–water partition coefficient (Wildman–Crippen LogP) is 0.944. The first kappa shape index (κ1) is 12.1. The van der Waals surface area contributed by atoms with Gasteiger partial charge in [0.25, 0.3) is 0 Å². The van der Waals surface area contributed by atoms with Crippen molar-refractivity contribution in [2.75, 3.05) is 7.11 Å². The molecule has 0 aliphatic carbocycles. The van der Waals surface area contributed by atoms with Gasteiger partial charge in [0, 0.05) is 32.0 Å². The van der Waals surface area contributed by atoms with Gasteiger partial charge in [0.15, 0.2) is 0 Å². The van der Waals surface area contributed by atoms with Crippen LogP contribution in [-0.2, 0) is 17.6 Å². The Morgan fingerprint density at radius 1 is 1.27 bits per heavy atom. The Morgan fingerprint density at radius 3 is 2.33 bits per heavy atom. The van der Waals surface area contributed by atoms with Gasteiger partial charge in [0.1, 0.15) is 5.82 Å². The van der Waals surface area contributed by atoms with Gasteiger partial charge in [0.2, 0.25) is 0 Å². The first-order chi connectivity index (χ1) is 7.11. The van der Waals surface area contributed by atoms with E-state index in [1.807, 2.05) is 26.2 Å². The molecule has 0 aliphatic heterocycles. The molecular formula is C11H19N3O. The zero-order valence-electron chi connectivity index (χ0n) is 9.60. The molecule has 0 spiro atoms. The van der Waals surface area contributed by atoms with E-state index >= 15 is 0 Å². The van der Waals surface area contributed by atoms with Gasteiger partial charge >= 0.3 is 0 Å². The molecule has 0 saturated carbocycles. The Morgan fingerprint density at radius 2 is 1.87 bits per heavy atom. The third-order valence-electron chi connectivity index (χ3n) is 2.19. The first-order valence-corrected chi connectivity index (χ1v) is 5.20. The molecule has 1 heterocycles. The number of hydrogen-bond acceptors (Lipinski definition) is 4. The van der Waals surface area contributed by atoms with Gasteiger partial charge in [-0.15, -0.1) is 0 Å². The highest BCUT2D eigenvalue weighted by Crippen LogP contribution is 2.02. The summed E-state index contributed by atoms with van der Waals surface area (Å²) >= 11 is 0. The maximum absolute atomic E-state index is 5.69. The number of methoxy groups -OCH3 is 1. The van der Waals surface area contributed by atoms with Crippen LogP contribution in [0.2, 0.25) is 0 Å². The van der Waals surface area contributed by atoms with Crippen molar-refractivity contribution in [3.8, 4) is 0 Å². The average Bonchev–Trinajstić information content (AvgIpc) is 2.20. The maximum Gasteiger partial charge on any atom is 0.130 e. The van der Waals surface area contributed by atoms with E-state index in [-0.39, 0.29) is 12.1 Å². The van der Waals surface area contributed by atoms with Crippen LogP contribution >= 0.6 is 0 Å². The van der Waals surface area contributed by atoms with Crippen molar-refractivity contribution in [2.24, 2.45) is 5.73 Å². The van der Waals surface area contributed by atoms with Crippen LogP contribution < -0.4 is 5.73 Å². The van der Waals surface area contributed by atoms with Crippen molar-refractivity contribution in [1.82, 2.24) is 9.97 Å². The highest BCUT2D eigenvalue weighted by atomic mass is 16.5. The fraction of sp³-hybridized carbons (Fsp3) is 0.636. The minimum absolute atomic E-state index is 0.150. The lowest BCUT2D eigenvalue weighted by molar-refractivity contribution is 0.117. The molecule has 1 rings (SSSR count). The standard InChI is InChI=1S/C11H19N3O/c1-8(12)4-10-6-13-11(14-7-10)5-9(2)15-3/h6-9H,4-5,12H2,1-3H3. The van der Waals surface area contributed by atoms with E-state index in [9.17, 15) is 0 Å². The molecule has 4 heteroatoms. The Balaban J connectivity index is 2.56. The van der Waals surface area contributed by atoms with Gasteiger partial charge < -0.3 is 10.5 Å². The molecule has 0 amide bonds. The van der Waals surface area contributed by atoms with E-state index in [1.54, 1.807) is 7.11 Å². The van der Waals surface area contributed by atoms with Crippen molar-refractivity contribution < 1.29 is 4.74 Å². The van der Waals surface area contributed by atoms with Crippen molar-refractivity contribution in [2.45, 2.75) is 38.8 Å². The van der Waals surface area contributed by atoms with Gasteiger partial charge in [0.05, 0.1) is 6.10 Å². The molecule has 15 heavy (non-hydrogen) atoms. The first-order valence-electron chi connectivity index (χ1n) is 5.20. The predicted molar refractivity (Wildman–Crippen MR) is 59.6 cm³/mol. The van der Waals surface area contributed by atoms with Crippen LogP contribution in [0.1, 0.15) is 25.2 Å². The summed E-state index contributed by atoms with van der Waals surface area (Å²) in [5.41, 5.74) is 6.77. The summed E-state index contributed by atoms with van der Waals surface area (Å²) in [5, 5.41) is 0. The third kappa shape index (κ3) is 4.36. The van der Waals surface area contributed by atoms with Gasteiger partial charge in [-0.3, -0.25) is 0 Å². The second-order valence-electron chi connectivity index (χ2n) is 3.94. The highest BCUT2D eigenvalue weighted by Gasteiger charge is 2.05. The maximum atomic E-state index is 5.69. The summed E-state index contributed by atoms with van der Waals surface area (Å²) < 4.78 is 5.15. The molecule has 0 fully saturated rings. The molecule has 2 unspecified atom stereocenters. The second-order valence-corrected chi connectivity index (χ2v) is 3.94. The van der Waals surface area contributed by atoms with E-state index in [0.29, 0.717) is 0 Å². The van der Waals surface area contributed by atoms with Crippen LogP contribution in [0.3, 0.4) is 0 Å². The molecule has 84 valence electrons. The van der Waals surface area contributed by atoms with Crippen molar-refractivity contribution >= 4 is 0 Å². The van der Waals surface area contributed by atoms with Crippen LogP contribution in [-0.4, -0.2) is 29.2 Å². The van der Waals surface area contributed by atoms with E-state index in [1.165, 1.54) is 0 Å². The zero-order chi connectivity index (χ0) is 11.3. The molecule has 2 N–H and O–H groups in total. The summed E-state index contributed by atoms with van der Waals surface area (Å²) in [6.45, 7) is 3.97. The molecule has 0 bridgehead atoms. The molecule has 1 aromatic rings. The Kier molecular flexibility index (Phi) is 4.65. The fourth-order valence-corrected chi connectivity index (χ4v) is 1.30. The third-order valence-corrected chi connectivity index (χ3v) is 2.19. The van der Waals surface area contributed by atoms with Gasteiger partial charge in [-0.05, 0) is 25.8 Å². The lowest BCUT2D eigenvalue weighted by Crippen LogP contribution is -2.18. The van der Waals surface area contributed by atoms with Crippen molar-refractivity contribution in [1.29, 1.82) is 0 Å². The molecular weight excluding hydrogens is 190 g/mol. The van der Waals surface area contributed by atoms with Gasteiger partial charge in [-0.1, -0.05) is 0 Å². The lowest BCUT2D eigenvalue weighted by Gasteiger charge is -2.08. The van der Waals surface area contributed by atoms with Crippen LogP contribution in [0.5, 0.6) is 0 Å². The second kappa shape index (κ2) is 5.78. The van der Waals surface area contributed by atoms with Crippen LogP contribution in [0.25, 0.3) is 0 Å². The van der Waals surface area contributed by atoms with Crippen LogP contribution in [0.15, 0.2) is 12.4 Å². The van der Waals surface area contributed by atoms with Crippen molar-refractivity contribution in [3.63, 3.8) is 0 Å². The summed E-state index contributed by atoms with van der Waals surface area (Å²) in [5.74, 6) is 0.817. The molecule has 0 aromatic carbocycles. The van der Waals surface area contributed by atoms with Gasteiger partial charge in [-0.2, -0.15) is 0 Å². The summed E-state index contributed by atoms with van der Waals surface area (Å²) in [6, 6.07) is 0.150. The smallest absolute Gasteiger partial charge is 0.130 e. The summed E-state index contributed by atoms with van der Waals surface area (Å²) in [4.78, 5) is 8.55. The molecule has 2 atom stereocenters. The monoisotopic (exact) mass is 209 g/mol. The van der Waals surface area contributed by atoms with Gasteiger partial charge in [-0.25, -0.2) is 9.97 Å². The summed E-state index contributed by atoms with van der Waals surface area (Å²) in [7, 11) is 1.69.